The molecule has 0 saturated heterocycles. The van der Waals surface area contributed by atoms with E-state index in [1.807, 2.05) is 6.07 Å². The molecule has 2 rings (SSSR count). The maximum atomic E-state index is 11.9. The number of rotatable bonds is 3. The van der Waals surface area contributed by atoms with Gasteiger partial charge in [-0.15, -0.1) is 11.3 Å². The Morgan fingerprint density at radius 1 is 1.56 bits per heavy atom. The van der Waals surface area contributed by atoms with Gasteiger partial charge in [-0.3, -0.25) is 9.48 Å². The van der Waals surface area contributed by atoms with Crippen LogP contribution in [0, 0.1) is 0 Å². The van der Waals surface area contributed by atoms with Crippen LogP contribution >= 0.6 is 43.2 Å². The smallest absolute Gasteiger partial charge is 0.180 e. The van der Waals surface area contributed by atoms with E-state index in [1.54, 1.807) is 11.7 Å². The molecule has 0 bridgehead atoms. The number of hydrogen-bond acceptors (Lipinski definition) is 4. The monoisotopic (exact) mass is 363 g/mol. The zero-order chi connectivity index (χ0) is 11.7. The van der Waals surface area contributed by atoms with Crippen molar-refractivity contribution >= 4 is 49.0 Å². The Balaban J connectivity index is 2.18. The van der Waals surface area contributed by atoms with Crippen molar-refractivity contribution in [1.82, 2.24) is 14.8 Å². The van der Waals surface area contributed by atoms with Crippen molar-refractivity contribution in [3.63, 3.8) is 0 Å². The maximum absolute atomic E-state index is 11.9. The number of thiophene rings is 1. The van der Waals surface area contributed by atoms with Crippen LogP contribution in [-0.4, -0.2) is 20.5 Å². The molecular formula is C9H7Br2N3OS. The highest BCUT2D eigenvalue weighted by molar-refractivity contribution is 9.13. The first-order valence-electron chi connectivity index (χ1n) is 4.39. The number of nitrogens with zero attached hydrogens (tertiary/aromatic N) is 3. The molecular weight excluding hydrogens is 358 g/mol. The summed E-state index contributed by atoms with van der Waals surface area (Å²) in [5, 5.41) is 3.92. The molecule has 84 valence electrons. The zero-order valence-corrected chi connectivity index (χ0v) is 12.3. The number of carbonyl (C=O) groups is 1. The number of hydrogen-bond donors (Lipinski definition) is 0. The molecule has 0 spiro atoms. The maximum Gasteiger partial charge on any atom is 0.180 e. The minimum atomic E-state index is 0.0486. The highest BCUT2D eigenvalue weighted by atomic mass is 79.9. The van der Waals surface area contributed by atoms with Crippen LogP contribution < -0.4 is 0 Å². The highest BCUT2D eigenvalue weighted by Gasteiger charge is 2.14. The quantitative estimate of drug-likeness (QED) is 0.787. The molecule has 0 N–H and O–H groups in total. The van der Waals surface area contributed by atoms with Crippen LogP contribution in [0.2, 0.25) is 0 Å². The first kappa shape index (κ1) is 11.9. The van der Waals surface area contributed by atoms with E-state index in [0.29, 0.717) is 10.7 Å². The molecule has 0 unspecified atom stereocenters. The Morgan fingerprint density at radius 3 is 2.81 bits per heavy atom. The lowest BCUT2D eigenvalue weighted by atomic mass is 10.2. The SMILES string of the molecule is Cn1ncnc1CC(=O)c1cc(Br)c(Br)s1. The molecule has 0 radical (unpaired) electrons. The molecule has 0 saturated carbocycles. The third-order valence-corrected chi connectivity index (χ3v) is 5.34. The van der Waals surface area contributed by atoms with E-state index in [-0.39, 0.29) is 12.2 Å². The van der Waals surface area contributed by atoms with E-state index < -0.39 is 0 Å². The summed E-state index contributed by atoms with van der Waals surface area (Å²) in [6.45, 7) is 0. The van der Waals surface area contributed by atoms with Gasteiger partial charge in [0.2, 0.25) is 0 Å². The Morgan fingerprint density at radius 2 is 2.31 bits per heavy atom. The van der Waals surface area contributed by atoms with Crippen LogP contribution in [0.25, 0.3) is 0 Å². The van der Waals surface area contributed by atoms with Crippen molar-refractivity contribution < 1.29 is 4.79 Å². The minimum absolute atomic E-state index is 0.0486. The molecule has 0 fully saturated rings. The number of halogens is 2. The Kier molecular flexibility index (Phi) is 3.56. The van der Waals surface area contributed by atoms with Gasteiger partial charge in [-0.05, 0) is 37.9 Å². The Hall–Kier alpha value is -0.530. The van der Waals surface area contributed by atoms with Crippen LogP contribution in [0.5, 0.6) is 0 Å². The summed E-state index contributed by atoms with van der Waals surface area (Å²) in [5.74, 6) is 0.721. The molecule has 0 aromatic carbocycles. The van der Waals surface area contributed by atoms with Crippen LogP contribution in [-0.2, 0) is 13.5 Å². The minimum Gasteiger partial charge on any atom is -0.293 e. The normalized spacial score (nSPS) is 10.7. The molecule has 2 aromatic heterocycles. The lowest BCUT2D eigenvalue weighted by Gasteiger charge is -1.97. The summed E-state index contributed by atoms with van der Waals surface area (Å²) in [6.07, 6.45) is 1.72. The summed E-state index contributed by atoms with van der Waals surface area (Å²) < 4.78 is 3.43. The topological polar surface area (TPSA) is 47.8 Å². The fraction of sp³-hybridized carbons (Fsp3) is 0.222. The van der Waals surface area contributed by atoms with E-state index in [9.17, 15) is 4.79 Å². The molecule has 4 nitrogen and oxygen atoms in total. The summed E-state index contributed by atoms with van der Waals surface area (Å²) in [7, 11) is 1.77. The van der Waals surface area contributed by atoms with Gasteiger partial charge in [-0.25, -0.2) is 4.98 Å². The molecule has 0 amide bonds. The predicted molar refractivity (Wildman–Crippen MR) is 68.8 cm³/mol. The summed E-state index contributed by atoms with van der Waals surface area (Å²) in [4.78, 5) is 16.7. The van der Waals surface area contributed by atoms with Crippen molar-refractivity contribution in [3.05, 3.63) is 31.4 Å². The second-order valence-electron chi connectivity index (χ2n) is 3.13. The standard InChI is InChI=1S/C9H7Br2N3OS/c1-14-8(12-4-13-14)3-6(15)7-2-5(10)9(11)16-7/h2,4H,3H2,1H3. The molecule has 0 aliphatic heterocycles. The van der Waals surface area contributed by atoms with Gasteiger partial charge in [0.05, 0.1) is 15.1 Å². The van der Waals surface area contributed by atoms with Gasteiger partial charge in [0, 0.05) is 11.5 Å². The van der Waals surface area contributed by atoms with Crippen LogP contribution in [0.3, 0.4) is 0 Å². The van der Waals surface area contributed by atoms with Crippen molar-refractivity contribution in [1.29, 1.82) is 0 Å². The predicted octanol–water partition coefficient (Wildman–Crippen LogP) is 2.83. The molecule has 2 heterocycles. The van der Waals surface area contributed by atoms with E-state index >= 15 is 0 Å². The van der Waals surface area contributed by atoms with E-state index in [1.165, 1.54) is 17.7 Å². The van der Waals surface area contributed by atoms with Gasteiger partial charge >= 0.3 is 0 Å². The van der Waals surface area contributed by atoms with Crippen molar-refractivity contribution in [3.8, 4) is 0 Å². The average molecular weight is 365 g/mol. The number of aryl methyl sites for hydroxylation is 1. The van der Waals surface area contributed by atoms with Crippen LogP contribution in [0.15, 0.2) is 20.7 Å². The fourth-order valence-electron chi connectivity index (χ4n) is 1.19. The van der Waals surface area contributed by atoms with E-state index in [2.05, 4.69) is 41.9 Å². The van der Waals surface area contributed by atoms with Gasteiger partial charge in [0.25, 0.3) is 0 Å². The average Bonchev–Trinajstić information content (AvgIpc) is 2.76. The highest BCUT2D eigenvalue weighted by Crippen LogP contribution is 2.32. The molecule has 0 aliphatic carbocycles. The van der Waals surface area contributed by atoms with Crippen molar-refractivity contribution in [2.45, 2.75) is 6.42 Å². The molecule has 7 heteroatoms. The summed E-state index contributed by atoms with van der Waals surface area (Å²) in [5.41, 5.74) is 0. The summed E-state index contributed by atoms with van der Waals surface area (Å²) in [6, 6.07) is 1.81. The largest absolute Gasteiger partial charge is 0.293 e. The Bertz CT molecular complexity index is 515. The van der Waals surface area contributed by atoms with Crippen LogP contribution in [0.1, 0.15) is 15.5 Å². The first-order chi connectivity index (χ1) is 7.58. The van der Waals surface area contributed by atoms with Gasteiger partial charge in [0.15, 0.2) is 5.78 Å². The third-order valence-electron chi connectivity index (χ3n) is 2.04. The fourth-order valence-corrected chi connectivity index (χ4v) is 3.17. The van der Waals surface area contributed by atoms with Gasteiger partial charge < -0.3 is 0 Å². The van der Waals surface area contributed by atoms with Gasteiger partial charge in [-0.1, -0.05) is 0 Å². The van der Waals surface area contributed by atoms with Crippen molar-refractivity contribution in [2.75, 3.05) is 0 Å². The Labute approximate surface area is 113 Å². The second kappa shape index (κ2) is 4.77. The lowest BCUT2D eigenvalue weighted by molar-refractivity contribution is 0.0993. The van der Waals surface area contributed by atoms with E-state index in [4.69, 9.17) is 0 Å². The number of ketones is 1. The van der Waals surface area contributed by atoms with Gasteiger partial charge in [-0.2, -0.15) is 5.10 Å². The lowest BCUT2D eigenvalue weighted by Crippen LogP contribution is -2.07. The van der Waals surface area contributed by atoms with Crippen LogP contribution in [0.4, 0.5) is 0 Å². The third kappa shape index (κ3) is 2.41. The molecule has 2 aromatic rings. The number of aromatic nitrogens is 3. The summed E-state index contributed by atoms with van der Waals surface area (Å²) >= 11 is 8.13. The zero-order valence-electron chi connectivity index (χ0n) is 8.28. The number of carbonyl (C=O) groups excluding carboxylic acids is 1. The molecule has 0 atom stereocenters. The van der Waals surface area contributed by atoms with Gasteiger partial charge in [0.1, 0.15) is 12.2 Å². The van der Waals surface area contributed by atoms with Crippen molar-refractivity contribution in [2.24, 2.45) is 7.05 Å². The molecule has 0 aliphatic rings. The first-order valence-corrected chi connectivity index (χ1v) is 6.79. The molecule has 16 heavy (non-hydrogen) atoms. The second-order valence-corrected chi connectivity index (χ2v) is 6.36. The van der Waals surface area contributed by atoms with E-state index in [0.717, 1.165) is 8.26 Å². The number of Topliss-reactive ketones (excluding diaryl/α,β-unsaturated/α-hetero) is 1.